The second kappa shape index (κ2) is 8.64. The van der Waals surface area contributed by atoms with Gasteiger partial charge in [0.2, 0.25) is 0 Å². The fourth-order valence-corrected chi connectivity index (χ4v) is 5.93. The molecule has 1 aliphatic rings. The van der Waals surface area contributed by atoms with Gasteiger partial charge in [0, 0.05) is 31.5 Å². The maximum atomic E-state index is 13.1. The minimum absolute atomic E-state index is 0.0690. The average molecular weight is 476 g/mol. The third-order valence-corrected chi connectivity index (χ3v) is 8.05. The lowest BCUT2D eigenvalue weighted by Crippen LogP contribution is -2.40. The van der Waals surface area contributed by atoms with Gasteiger partial charge in [-0.25, -0.2) is 18.4 Å². The first-order valence-corrected chi connectivity index (χ1v) is 12.4. The lowest BCUT2D eigenvalue weighted by molar-refractivity contribution is 0.0305. The summed E-state index contributed by atoms with van der Waals surface area (Å²) < 4.78 is 35.8. The Hall–Kier alpha value is -2.76. The molecule has 0 bridgehead atoms. The Morgan fingerprint density at radius 2 is 1.88 bits per heavy atom. The number of thiazole rings is 1. The van der Waals surface area contributed by atoms with Gasteiger partial charge in [0.05, 0.1) is 24.6 Å². The summed E-state index contributed by atoms with van der Waals surface area (Å²) in [6.45, 7) is 7.49. The monoisotopic (exact) mass is 475 g/mol. The number of aromatic nitrogens is 3. The van der Waals surface area contributed by atoms with E-state index in [2.05, 4.69) is 14.7 Å². The first-order chi connectivity index (χ1) is 15.2. The Morgan fingerprint density at radius 3 is 2.56 bits per heavy atom. The van der Waals surface area contributed by atoms with Gasteiger partial charge in [-0.2, -0.15) is 0 Å². The summed E-state index contributed by atoms with van der Waals surface area (Å²) >= 11 is 1.28. The fraction of sp³-hybridized carbons (Fsp3) is 0.381. The van der Waals surface area contributed by atoms with Crippen molar-refractivity contribution in [3.05, 3.63) is 46.2 Å². The number of rotatable bonds is 5. The molecule has 1 saturated heterocycles. The maximum Gasteiger partial charge on any atom is 0.266 e. The second-order valence-corrected chi connectivity index (χ2v) is 10.3. The highest BCUT2D eigenvalue weighted by Crippen LogP contribution is 2.33. The van der Waals surface area contributed by atoms with Crippen molar-refractivity contribution in [1.82, 2.24) is 19.4 Å². The molecule has 32 heavy (non-hydrogen) atoms. The largest absolute Gasteiger partial charge is 0.378 e. The van der Waals surface area contributed by atoms with Crippen LogP contribution in [0.15, 0.2) is 29.2 Å². The molecule has 1 N–H and O–H groups in total. The van der Waals surface area contributed by atoms with Crippen LogP contribution < -0.4 is 4.72 Å². The number of carbonyl (C=O) groups is 1. The lowest BCUT2D eigenvalue weighted by Gasteiger charge is -2.26. The van der Waals surface area contributed by atoms with E-state index in [1.54, 1.807) is 61.6 Å². The van der Waals surface area contributed by atoms with Gasteiger partial charge in [-0.1, -0.05) is 6.07 Å². The normalized spacial score (nSPS) is 14.6. The number of hydrogen-bond donors (Lipinski definition) is 1. The van der Waals surface area contributed by atoms with Crippen LogP contribution in [0.25, 0.3) is 10.7 Å². The van der Waals surface area contributed by atoms with Crippen molar-refractivity contribution in [3.8, 4) is 10.7 Å². The van der Waals surface area contributed by atoms with Gasteiger partial charge in [0.15, 0.2) is 0 Å². The third-order valence-electron chi connectivity index (χ3n) is 5.41. The van der Waals surface area contributed by atoms with E-state index >= 15 is 0 Å². The van der Waals surface area contributed by atoms with E-state index in [1.165, 1.54) is 11.3 Å². The molecule has 170 valence electrons. The quantitative estimate of drug-likeness (QED) is 0.608. The Kier molecular flexibility index (Phi) is 6.06. The smallest absolute Gasteiger partial charge is 0.266 e. The van der Waals surface area contributed by atoms with Crippen LogP contribution in [0.1, 0.15) is 26.8 Å². The van der Waals surface area contributed by atoms with Gasteiger partial charge in [0.1, 0.15) is 20.6 Å². The summed E-state index contributed by atoms with van der Waals surface area (Å²) in [4.78, 5) is 24.2. The molecule has 11 heteroatoms. The molecule has 9 nitrogen and oxygen atoms in total. The number of carbonyl (C=O) groups excluding carboxylic acids is 1. The molecule has 4 rings (SSSR count). The van der Waals surface area contributed by atoms with Crippen molar-refractivity contribution in [2.45, 2.75) is 25.7 Å². The first kappa shape index (κ1) is 22.4. The number of sulfonamides is 1. The van der Waals surface area contributed by atoms with E-state index in [9.17, 15) is 13.2 Å². The van der Waals surface area contributed by atoms with Gasteiger partial charge in [-0.3, -0.25) is 9.52 Å². The number of nitrogens with zero attached hydrogens (tertiary/aromatic N) is 4. The molecule has 4 heterocycles. The molecule has 0 spiro atoms. The molecule has 1 fully saturated rings. The van der Waals surface area contributed by atoms with E-state index in [-0.39, 0.29) is 16.6 Å². The van der Waals surface area contributed by atoms with E-state index in [0.29, 0.717) is 59.0 Å². The van der Waals surface area contributed by atoms with Crippen molar-refractivity contribution in [2.24, 2.45) is 7.05 Å². The number of hydrogen-bond acceptors (Lipinski definition) is 7. The van der Waals surface area contributed by atoms with Gasteiger partial charge in [-0.15, -0.1) is 11.3 Å². The summed E-state index contributed by atoms with van der Waals surface area (Å²) in [5, 5.41) is 0.597. The Labute approximate surface area is 191 Å². The Balaban J connectivity index is 1.66. The minimum Gasteiger partial charge on any atom is -0.378 e. The Morgan fingerprint density at radius 1 is 1.16 bits per heavy atom. The highest BCUT2D eigenvalue weighted by molar-refractivity contribution is 7.92. The first-order valence-electron chi connectivity index (χ1n) is 10.1. The number of ether oxygens (including phenoxy) is 1. The van der Waals surface area contributed by atoms with E-state index in [0.717, 1.165) is 0 Å². The molecule has 3 aromatic heterocycles. The minimum atomic E-state index is -3.85. The number of anilines is 1. The van der Waals surface area contributed by atoms with Crippen LogP contribution in [0.2, 0.25) is 0 Å². The third kappa shape index (κ3) is 4.27. The van der Waals surface area contributed by atoms with Crippen LogP contribution in [-0.4, -0.2) is 60.1 Å². The van der Waals surface area contributed by atoms with Crippen molar-refractivity contribution < 1.29 is 17.9 Å². The van der Waals surface area contributed by atoms with Crippen molar-refractivity contribution >= 4 is 33.1 Å². The van der Waals surface area contributed by atoms with Crippen LogP contribution in [0.5, 0.6) is 0 Å². The van der Waals surface area contributed by atoms with Gasteiger partial charge in [-0.05, 0) is 39.0 Å². The van der Waals surface area contributed by atoms with Crippen LogP contribution in [-0.2, 0) is 21.8 Å². The Bertz CT molecular complexity index is 1270. The van der Waals surface area contributed by atoms with Crippen molar-refractivity contribution in [1.29, 1.82) is 0 Å². The molecule has 0 unspecified atom stereocenters. The molecule has 1 amide bonds. The number of aryl methyl sites for hydroxylation is 2. The number of morpholine rings is 1. The molecule has 0 aromatic carbocycles. The van der Waals surface area contributed by atoms with Crippen molar-refractivity contribution in [2.75, 3.05) is 31.0 Å². The van der Waals surface area contributed by atoms with Gasteiger partial charge in [0.25, 0.3) is 15.9 Å². The van der Waals surface area contributed by atoms with E-state index in [4.69, 9.17) is 4.74 Å². The van der Waals surface area contributed by atoms with Gasteiger partial charge < -0.3 is 14.2 Å². The van der Waals surface area contributed by atoms with E-state index < -0.39 is 10.0 Å². The zero-order chi connectivity index (χ0) is 23.0. The number of pyridine rings is 1. The molecule has 0 atom stereocenters. The number of amides is 1. The van der Waals surface area contributed by atoms with Crippen LogP contribution >= 0.6 is 11.3 Å². The SMILES string of the molecule is Cc1cccc(NS(=O)(=O)c2cc(-c3nc(C)c(C(=O)N4CCOCC4)s3)n(C)c2C)n1. The molecule has 1 aliphatic heterocycles. The summed E-state index contributed by atoms with van der Waals surface area (Å²) in [5.74, 6) is 0.193. The highest BCUT2D eigenvalue weighted by atomic mass is 32.2. The van der Waals surface area contributed by atoms with Gasteiger partial charge >= 0.3 is 0 Å². The molecule has 0 radical (unpaired) electrons. The van der Waals surface area contributed by atoms with E-state index in [1.807, 2.05) is 0 Å². The fourth-order valence-electron chi connectivity index (χ4n) is 3.56. The predicted molar refractivity (Wildman–Crippen MR) is 123 cm³/mol. The highest BCUT2D eigenvalue weighted by Gasteiger charge is 2.27. The zero-order valence-electron chi connectivity index (χ0n) is 18.4. The molecule has 0 saturated carbocycles. The molecular formula is C21H25N5O4S2. The standard InChI is InChI=1S/C21H25N5O4S2/c1-13-6-5-7-18(22-13)24-32(28,29)17-12-16(25(4)15(17)3)20-23-14(2)19(31-20)21(27)26-8-10-30-11-9-26/h5-7,12H,8-11H2,1-4H3,(H,22,24). The van der Waals surface area contributed by atoms with Crippen molar-refractivity contribution in [3.63, 3.8) is 0 Å². The topological polar surface area (TPSA) is 106 Å². The predicted octanol–water partition coefficient (Wildman–Crippen LogP) is 2.74. The molecule has 3 aromatic rings. The van der Waals surface area contributed by atoms with Crippen LogP contribution in [0.4, 0.5) is 5.82 Å². The summed E-state index contributed by atoms with van der Waals surface area (Å²) in [7, 11) is -2.07. The second-order valence-electron chi connectivity index (χ2n) is 7.65. The number of nitrogens with one attached hydrogen (secondary N) is 1. The maximum absolute atomic E-state index is 13.1. The van der Waals surface area contributed by atoms with Crippen LogP contribution in [0.3, 0.4) is 0 Å². The summed E-state index contributed by atoms with van der Waals surface area (Å²) in [6, 6.07) is 6.74. The average Bonchev–Trinajstić information content (AvgIpc) is 3.28. The molecule has 0 aliphatic carbocycles. The summed E-state index contributed by atoms with van der Waals surface area (Å²) in [6.07, 6.45) is 0. The zero-order valence-corrected chi connectivity index (χ0v) is 20.0. The lowest BCUT2D eigenvalue weighted by atomic mass is 10.3. The van der Waals surface area contributed by atoms with Crippen LogP contribution in [0, 0.1) is 20.8 Å². The molecular weight excluding hydrogens is 450 g/mol. The summed E-state index contributed by atoms with van der Waals surface area (Å²) in [5.41, 5.74) is 2.54.